The number of aliphatic hydroxyl groups excluding tert-OH is 1. The summed E-state index contributed by atoms with van der Waals surface area (Å²) in [4.78, 5) is 45.2. The first kappa shape index (κ1) is 35.0. The molecular formula is C36H42N4O4S2. The molecule has 242 valence electrons. The summed E-state index contributed by atoms with van der Waals surface area (Å²) in [7, 11) is 0. The lowest BCUT2D eigenvalue weighted by Crippen LogP contribution is -2.54. The molecule has 3 aromatic carbocycles. The van der Waals surface area contributed by atoms with Gasteiger partial charge in [0.25, 0.3) is 11.8 Å². The minimum atomic E-state index is -0.952. The van der Waals surface area contributed by atoms with Gasteiger partial charge in [-0.2, -0.15) is 11.8 Å². The molecule has 4 rings (SSSR count). The van der Waals surface area contributed by atoms with E-state index in [1.807, 2.05) is 106 Å². The van der Waals surface area contributed by atoms with E-state index in [1.165, 1.54) is 11.8 Å². The summed E-state index contributed by atoms with van der Waals surface area (Å²) in [5.74, 6) is -0.113. The van der Waals surface area contributed by atoms with Crippen LogP contribution in [0, 0.1) is 0 Å². The van der Waals surface area contributed by atoms with Crippen LogP contribution in [0.5, 0.6) is 0 Å². The fourth-order valence-corrected chi connectivity index (χ4v) is 6.39. The number of nitrogens with one attached hydrogen (secondary N) is 3. The second kappa shape index (κ2) is 16.6. The Morgan fingerprint density at radius 2 is 1.54 bits per heavy atom. The Morgan fingerprint density at radius 3 is 2.28 bits per heavy atom. The van der Waals surface area contributed by atoms with Gasteiger partial charge in [-0.3, -0.25) is 14.4 Å². The molecule has 46 heavy (non-hydrogen) atoms. The molecule has 0 saturated heterocycles. The highest BCUT2D eigenvalue weighted by atomic mass is 32.2. The van der Waals surface area contributed by atoms with Gasteiger partial charge in [0, 0.05) is 21.6 Å². The fraction of sp³-hybridized carbons (Fsp3) is 0.333. The van der Waals surface area contributed by atoms with E-state index in [1.54, 1.807) is 23.9 Å². The van der Waals surface area contributed by atoms with Gasteiger partial charge >= 0.3 is 0 Å². The van der Waals surface area contributed by atoms with Gasteiger partial charge in [-0.25, -0.2) is 4.98 Å². The third-order valence-corrected chi connectivity index (χ3v) is 9.00. The summed E-state index contributed by atoms with van der Waals surface area (Å²) in [6.07, 6.45) is 1.79. The molecule has 0 radical (unpaired) electrons. The third-order valence-electron chi connectivity index (χ3n) is 7.18. The number of carbonyl (C=O) groups excluding carboxylic acids is 3. The molecular weight excluding hydrogens is 617 g/mol. The number of benzene rings is 3. The standard InChI is InChI=1S/C36H42N4O4S2/c1-36(2,3)40-33(42)26-15-9-11-17-32(26)46-23-31(41)30(22-24-12-6-5-7-13-24)39-35(44)29(20-21-45-4)38-34(43)28-19-18-25-14-8-10-16-27(25)37-28/h5-19,29-31,41H,20-23H2,1-4H3,(H,38,43)(H,39,44)(H,40,42)/t29-,30-,31-/m0/s1. The molecule has 4 aromatic rings. The van der Waals surface area contributed by atoms with Crippen LogP contribution in [0.2, 0.25) is 0 Å². The molecule has 1 aromatic heterocycles. The number of thioether (sulfide) groups is 2. The molecule has 0 aliphatic rings. The van der Waals surface area contributed by atoms with E-state index < -0.39 is 29.6 Å². The van der Waals surface area contributed by atoms with Crippen molar-refractivity contribution in [3.05, 3.63) is 108 Å². The fourth-order valence-electron chi connectivity index (χ4n) is 4.84. The monoisotopic (exact) mass is 658 g/mol. The molecule has 3 amide bonds. The zero-order chi connectivity index (χ0) is 33.1. The van der Waals surface area contributed by atoms with Crippen molar-refractivity contribution >= 4 is 52.1 Å². The summed E-state index contributed by atoms with van der Waals surface area (Å²) in [5, 5.41) is 21.3. The Bertz CT molecular complexity index is 1630. The number of nitrogens with zero attached hydrogens (tertiary/aromatic N) is 1. The van der Waals surface area contributed by atoms with Crippen LogP contribution in [0.15, 0.2) is 95.9 Å². The summed E-state index contributed by atoms with van der Waals surface area (Å²) in [6, 6.07) is 26.5. The molecule has 0 fully saturated rings. The predicted octanol–water partition coefficient (Wildman–Crippen LogP) is 5.50. The van der Waals surface area contributed by atoms with E-state index in [-0.39, 0.29) is 23.3 Å². The first-order chi connectivity index (χ1) is 22.0. The van der Waals surface area contributed by atoms with Crippen LogP contribution >= 0.6 is 23.5 Å². The maximum absolute atomic E-state index is 13.8. The second-order valence-electron chi connectivity index (χ2n) is 12.1. The lowest BCUT2D eigenvalue weighted by Gasteiger charge is -2.27. The van der Waals surface area contributed by atoms with Crippen molar-refractivity contribution in [1.82, 2.24) is 20.9 Å². The van der Waals surface area contributed by atoms with E-state index in [0.29, 0.717) is 29.7 Å². The topological polar surface area (TPSA) is 120 Å². The third kappa shape index (κ3) is 10.3. The SMILES string of the molecule is CSCC[C@H](NC(=O)c1ccc2ccccc2n1)C(=O)N[C@@H](Cc1ccccc1)[C@@H](O)CSc1ccccc1C(=O)NC(C)(C)C. The van der Waals surface area contributed by atoms with Crippen LogP contribution in [0.25, 0.3) is 10.9 Å². The lowest BCUT2D eigenvalue weighted by atomic mass is 10.0. The van der Waals surface area contributed by atoms with E-state index in [4.69, 9.17) is 0 Å². The number of amides is 3. The molecule has 0 aliphatic heterocycles. The van der Waals surface area contributed by atoms with Crippen molar-refractivity contribution in [3.8, 4) is 0 Å². The second-order valence-corrected chi connectivity index (χ2v) is 14.1. The Morgan fingerprint density at radius 1 is 0.848 bits per heavy atom. The van der Waals surface area contributed by atoms with E-state index in [0.717, 1.165) is 15.8 Å². The molecule has 1 heterocycles. The highest BCUT2D eigenvalue weighted by molar-refractivity contribution is 7.99. The first-order valence-electron chi connectivity index (χ1n) is 15.3. The lowest BCUT2D eigenvalue weighted by molar-refractivity contribution is -0.124. The number of aromatic nitrogens is 1. The Hall–Kier alpha value is -3.86. The summed E-state index contributed by atoms with van der Waals surface area (Å²) < 4.78 is 0. The van der Waals surface area contributed by atoms with Crippen LogP contribution < -0.4 is 16.0 Å². The number of carbonyl (C=O) groups is 3. The quantitative estimate of drug-likeness (QED) is 0.132. The van der Waals surface area contributed by atoms with Gasteiger partial charge in [-0.1, -0.05) is 66.7 Å². The zero-order valence-electron chi connectivity index (χ0n) is 26.7. The average molecular weight is 659 g/mol. The zero-order valence-corrected chi connectivity index (χ0v) is 28.3. The summed E-state index contributed by atoms with van der Waals surface area (Å²) in [6.45, 7) is 5.78. The van der Waals surface area contributed by atoms with Crippen molar-refractivity contribution in [2.45, 2.75) is 62.2 Å². The van der Waals surface area contributed by atoms with Crippen LogP contribution in [0.3, 0.4) is 0 Å². The maximum Gasteiger partial charge on any atom is 0.270 e. The normalized spacial score (nSPS) is 13.4. The van der Waals surface area contributed by atoms with Crippen molar-refractivity contribution in [3.63, 3.8) is 0 Å². The number of hydrogen-bond acceptors (Lipinski definition) is 7. The van der Waals surface area contributed by atoms with E-state index in [9.17, 15) is 19.5 Å². The van der Waals surface area contributed by atoms with Gasteiger partial charge in [-0.05, 0) is 75.5 Å². The molecule has 0 unspecified atom stereocenters. The highest BCUT2D eigenvalue weighted by Crippen LogP contribution is 2.25. The van der Waals surface area contributed by atoms with Gasteiger partial charge in [0.05, 0.1) is 23.2 Å². The van der Waals surface area contributed by atoms with Gasteiger partial charge in [0.1, 0.15) is 11.7 Å². The van der Waals surface area contributed by atoms with E-state index in [2.05, 4.69) is 20.9 Å². The van der Waals surface area contributed by atoms with Gasteiger partial charge in [0.2, 0.25) is 5.91 Å². The summed E-state index contributed by atoms with van der Waals surface area (Å²) in [5.41, 5.74) is 2.01. The number of hydrogen-bond donors (Lipinski definition) is 4. The number of pyridine rings is 1. The number of aliphatic hydroxyl groups is 1. The number of fused-ring (bicyclic) bond motifs is 1. The predicted molar refractivity (Wildman–Crippen MR) is 188 cm³/mol. The van der Waals surface area contributed by atoms with Crippen LogP contribution in [0.4, 0.5) is 0 Å². The molecule has 0 spiro atoms. The smallest absolute Gasteiger partial charge is 0.270 e. The summed E-state index contributed by atoms with van der Waals surface area (Å²) >= 11 is 2.94. The Kier molecular flexibility index (Phi) is 12.7. The molecule has 0 aliphatic carbocycles. The molecule has 8 nitrogen and oxygen atoms in total. The van der Waals surface area contributed by atoms with Crippen molar-refractivity contribution in [2.75, 3.05) is 17.8 Å². The Labute approximate surface area is 279 Å². The van der Waals surface area contributed by atoms with Gasteiger partial charge in [0.15, 0.2) is 0 Å². The minimum Gasteiger partial charge on any atom is -0.390 e. The molecule has 4 N–H and O–H groups in total. The Balaban J connectivity index is 1.50. The molecule has 0 bridgehead atoms. The van der Waals surface area contributed by atoms with Crippen LogP contribution in [-0.4, -0.2) is 69.3 Å². The van der Waals surface area contributed by atoms with Gasteiger partial charge in [-0.15, -0.1) is 11.8 Å². The first-order valence-corrected chi connectivity index (χ1v) is 17.6. The molecule has 0 saturated carbocycles. The highest BCUT2D eigenvalue weighted by Gasteiger charge is 2.28. The maximum atomic E-state index is 13.8. The van der Waals surface area contributed by atoms with Crippen molar-refractivity contribution in [2.24, 2.45) is 0 Å². The average Bonchev–Trinajstić information content (AvgIpc) is 3.04. The van der Waals surface area contributed by atoms with Crippen LogP contribution in [0.1, 0.15) is 53.6 Å². The van der Waals surface area contributed by atoms with E-state index >= 15 is 0 Å². The number of rotatable bonds is 14. The van der Waals surface area contributed by atoms with Crippen LogP contribution in [-0.2, 0) is 11.2 Å². The number of para-hydroxylation sites is 1. The minimum absolute atomic E-state index is 0.187. The van der Waals surface area contributed by atoms with Crippen molar-refractivity contribution < 1.29 is 19.5 Å². The molecule has 3 atom stereocenters. The molecule has 10 heteroatoms. The van der Waals surface area contributed by atoms with Crippen molar-refractivity contribution in [1.29, 1.82) is 0 Å². The van der Waals surface area contributed by atoms with Gasteiger partial charge < -0.3 is 21.1 Å². The largest absolute Gasteiger partial charge is 0.390 e.